The van der Waals surface area contributed by atoms with Gasteiger partial charge in [-0.2, -0.15) is 0 Å². The molecular weight excluding hydrogens is 168 g/mol. The lowest BCUT2D eigenvalue weighted by Gasteiger charge is -1.98. The molecule has 0 saturated heterocycles. The molecule has 2 aromatic rings. The van der Waals surface area contributed by atoms with Gasteiger partial charge in [0.25, 0.3) is 0 Å². The van der Waals surface area contributed by atoms with Crippen LogP contribution in [0.25, 0.3) is 10.9 Å². The minimum atomic E-state index is 0.433. The van der Waals surface area contributed by atoms with E-state index in [2.05, 4.69) is 4.98 Å². The van der Waals surface area contributed by atoms with Crippen molar-refractivity contribution in [3.63, 3.8) is 0 Å². The Balaban J connectivity index is 2.82. The van der Waals surface area contributed by atoms with Crippen molar-refractivity contribution in [3.8, 4) is 0 Å². The SMILES string of the molecule is NC(=S)c1cccc2cc[nH]c12. The number of fused-ring (bicyclic) bond motifs is 1. The van der Waals surface area contributed by atoms with Gasteiger partial charge in [0, 0.05) is 17.1 Å². The fourth-order valence-electron chi connectivity index (χ4n) is 1.29. The highest BCUT2D eigenvalue weighted by Gasteiger charge is 2.02. The van der Waals surface area contributed by atoms with Crippen molar-refractivity contribution in [2.45, 2.75) is 0 Å². The van der Waals surface area contributed by atoms with Gasteiger partial charge in [0.05, 0.1) is 5.52 Å². The summed E-state index contributed by atoms with van der Waals surface area (Å²) in [6.45, 7) is 0. The summed E-state index contributed by atoms with van der Waals surface area (Å²) in [6.07, 6.45) is 1.88. The van der Waals surface area contributed by atoms with Crippen LogP contribution in [-0.4, -0.2) is 9.97 Å². The first kappa shape index (κ1) is 7.31. The van der Waals surface area contributed by atoms with Crippen molar-refractivity contribution in [1.29, 1.82) is 0 Å². The first-order valence-corrected chi connectivity index (χ1v) is 4.06. The van der Waals surface area contributed by atoms with Crippen molar-refractivity contribution in [1.82, 2.24) is 4.98 Å². The molecule has 0 atom stereocenters. The average Bonchev–Trinajstić information content (AvgIpc) is 2.49. The Bertz CT molecular complexity index is 431. The molecule has 12 heavy (non-hydrogen) atoms. The monoisotopic (exact) mass is 176 g/mol. The van der Waals surface area contributed by atoms with E-state index in [0.29, 0.717) is 4.99 Å². The number of para-hydroxylation sites is 1. The molecule has 0 radical (unpaired) electrons. The van der Waals surface area contributed by atoms with Crippen LogP contribution < -0.4 is 5.73 Å². The zero-order chi connectivity index (χ0) is 8.55. The highest BCUT2D eigenvalue weighted by atomic mass is 32.1. The van der Waals surface area contributed by atoms with Gasteiger partial charge in [-0.3, -0.25) is 0 Å². The number of hydrogen-bond acceptors (Lipinski definition) is 1. The topological polar surface area (TPSA) is 41.8 Å². The largest absolute Gasteiger partial charge is 0.389 e. The van der Waals surface area contributed by atoms with Crippen molar-refractivity contribution in [3.05, 3.63) is 36.0 Å². The van der Waals surface area contributed by atoms with E-state index in [0.717, 1.165) is 16.5 Å². The molecule has 0 unspecified atom stereocenters. The maximum absolute atomic E-state index is 5.55. The molecule has 0 aliphatic heterocycles. The molecule has 0 aliphatic rings. The third kappa shape index (κ3) is 0.987. The van der Waals surface area contributed by atoms with Crippen LogP contribution in [0.3, 0.4) is 0 Å². The predicted molar refractivity (Wildman–Crippen MR) is 54.2 cm³/mol. The first-order valence-electron chi connectivity index (χ1n) is 3.65. The van der Waals surface area contributed by atoms with Crippen LogP contribution in [0.5, 0.6) is 0 Å². The molecule has 0 spiro atoms. The van der Waals surface area contributed by atoms with E-state index >= 15 is 0 Å². The van der Waals surface area contributed by atoms with Crippen LogP contribution in [0.2, 0.25) is 0 Å². The molecule has 2 nitrogen and oxygen atoms in total. The lowest BCUT2D eigenvalue weighted by Crippen LogP contribution is -2.09. The van der Waals surface area contributed by atoms with E-state index in [9.17, 15) is 0 Å². The van der Waals surface area contributed by atoms with Crippen molar-refractivity contribution in [2.24, 2.45) is 5.73 Å². The van der Waals surface area contributed by atoms with Gasteiger partial charge in [0.15, 0.2) is 0 Å². The van der Waals surface area contributed by atoms with E-state index in [1.807, 2.05) is 30.5 Å². The summed E-state index contributed by atoms with van der Waals surface area (Å²) in [5.41, 5.74) is 7.48. The number of H-pyrrole nitrogens is 1. The van der Waals surface area contributed by atoms with Gasteiger partial charge >= 0.3 is 0 Å². The quantitative estimate of drug-likeness (QED) is 0.650. The first-order chi connectivity index (χ1) is 5.79. The van der Waals surface area contributed by atoms with Crippen molar-refractivity contribution >= 4 is 28.1 Å². The molecule has 3 N–H and O–H groups in total. The lowest BCUT2D eigenvalue weighted by atomic mass is 10.1. The molecule has 0 aliphatic carbocycles. The number of hydrogen-bond donors (Lipinski definition) is 2. The number of aromatic nitrogens is 1. The second kappa shape index (κ2) is 2.60. The van der Waals surface area contributed by atoms with E-state index < -0.39 is 0 Å². The zero-order valence-corrected chi connectivity index (χ0v) is 7.19. The Morgan fingerprint density at radius 1 is 1.33 bits per heavy atom. The van der Waals surface area contributed by atoms with Gasteiger partial charge in [0.1, 0.15) is 4.99 Å². The van der Waals surface area contributed by atoms with Gasteiger partial charge in [-0.05, 0) is 12.1 Å². The summed E-state index contributed by atoms with van der Waals surface area (Å²) in [6, 6.07) is 7.89. The van der Waals surface area contributed by atoms with Gasteiger partial charge in [-0.25, -0.2) is 0 Å². The Morgan fingerprint density at radius 3 is 2.92 bits per heavy atom. The molecule has 2 rings (SSSR count). The van der Waals surface area contributed by atoms with Gasteiger partial charge in [0.2, 0.25) is 0 Å². The van der Waals surface area contributed by atoms with Crippen LogP contribution in [0.4, 0.5) is 0 Å². The van der Waals surface area contributed by atoms with Crippen LogP contribution in [-0.2, 0) is 0 Å². The summed E-state index contributed by atoms with van der Waals surface area (Å²) in [7, 11) is 0. The highest BCUT2D eigenvalue weighted by Crippen LogP contribution is 2.16. The second-order valence-corrected chi connectivity index (χ2v) is 3.05. The fourth-order valence-corrected chi connectivity index (χ4v) is 1.46. The number of benzene rings is 1. The molecule has 60 valence electrons. The number of nitrogens with two attached hydrogens (primary N) is 1. The number of rotatable bonds is 1. The fraction of sp³-hybridized carbons (Fsp3) is 0. The summed E-state index contributed by atoms with van der Waals surface area (Å²) in [4.78, 5) is 3.54. The molecular formula is C9H8N2S. The number of aromatic amines is 1. The summed E-state index contributed by atoms with van der Waals surface area (Å²) >= 11 is 4.91. The predicted octanol–water partition coefficient (Wildman–Crippen LogP) is 1.80. The van der Waals surface area contributed by atoms with Crippen LogP contribution >= 0.6 is 12.2 Å². The number of thiocarbonyl (C=S) groups is 1. The smallest absolute Gasteiger partial charge is 0.106 e. The third-order valence-electron chi connectivity index (χ3n) is 1.85. The molecule has 1 heterocycles. The minimum Gasteiger partial charge on any atom is -0.389 e. The molecule has 3 heteroatoms. The number of nitrogens with one attached hydrogen (secondary N) is 1. The molecule has 0 fully saturated rings. The molecule has 0 bridgehead atoms. The van der Waals surface area contributed by atoms with E-state index in [4.69, 9.17) is 18.0 Å². The summed E-state index contributed by atoms with van der Waals surface area (Å²) in [5.74, 6) is 0. The summed E-state index contributed by atoms with van der Waals surface area (Å²) < 4.78 is 0. The van der Waals surface area contributed by atoms with Gasteiger partial charge in [-0.1, -0.05) is 24.4 Å². The maximum atomic E-state index is 5.55. The molecule has 1 aromatic heterocycles. The van der Waals surface area contributed by atoms with Gasteiger partial charge < -0.3 is 10.7 Å². The van der Waals surface area contributed by atoms with E-state index in [1.165, 1.54) is 0 Å². The standard InChI is InChI=1S/C9H8N2S/c10-9(12)7-3-1-2-6-4-5-11-8(6)7/h1-5,11H,(H2,10,12). The van der Waals surface area contributed by atoms with Crippen molar-refractivity contribution < 1.29 is 0 Å². The van der Waals surface area contributed by atoms with E-state index in [1.54, 1.807) is 0 Å². The molecule has 1 aromatic carbocycles. The van der Waals surface area contributed by atoms with Gasteiger partial charge in [-0.15, -0.1) is 0 Å². The van der Waals surface area contributed by atoms with Crippen molar-refractivity contribution in [2.75, 3.05) is 0 Å². The Labute approximate surface area is 75.4 Å². The Kier molecular flexibility index (Phi) is 1.59. The zero-order valence-electron chi connectivity index (χ0n) is 6.37. The minimum absolute atomic E-state index is 0.433. The normalized spacial score (nSPS) is 10.3. The van der Waals surface area contributed by atoms with E-state index in [-0.39, 0.29) is 0 Å². The average molecular weight is 176 g/mol. The highest BCUT2D eigenvalue weighted by molar-refractivity contribution is 7.80. The second-order valence-electron chi connectivity index (χ2n) is 2.61. The Hall–Kier alpha value is -1.35. The Morgan fingerprint density at radius 2 is 2.17 bits per heavy atom. The van der Waals surface area contributed by atoms with Crippen LogP contribution in [0, 0.1) is 0 Å². The maximum Gasteiger partial charge on any atom is 0.106 e. The van der Waals surface area contributed by atoms with Crippen LogP contribution in [0.1, 0.15) is 5.56 Å². The molecule has 0 saturated carbocycles. The summed E-state index contributed by atoms with van der Waals surface area (Å²) in [5, 5.41) is 1.14. The third-order valence-corrected chi connectivity index (χ3v) is 2.07. The van der Waals surface area contributed by atoms with Crippen LogP contribution in [0.15, 0.2) is 30.5 Å². The lowest BCUT2D eigenvalue weighted by molar-refractivity contribution is 1.47. The molecule has 0 amide bonds.